The fourth-order valence-corrected chi connectivity index (χ4v) is 9.89. The maximum Gasteiger partial charge on any atom is 0.251 e. The summed E-state index contributed by atoms with van der Waals surface area (Å²) in [5.41, 5.74) is 3.76. The molecule has 2 aromatic carbocycles. The summed E-state index contributed by atoms with van der Waals surface area (Å²) in [6.45, 7) is 16.4. The van der Waals surface area contributed by atoms with E-state index in [0.717, 1.165) is 28.8 Å². The van der Waals surface area contributed by atoms with E-state index in [0.29, 0.717) is 19.5 Å². The number of aryl methyl sites for hydroxylation is 2. The number of carbonyl (C=O) groups excluding carboxylic acids is 3. The Morgan fingerprint density at radius 3 is 2.44 bits per heavy atom. The van der Waals surface area contributed by atoms with Gasteiger partial charge in [0.2, 0.25) is 11.8 Å². The maximum absolute atomic E-state index is 14.8. The molecular weight excluding hydrogens is 558 g/mol. The first-order valence-corrected chi connectivity index (χ1v) is 15.9. The van der Waals surface area contributed by atoms with Gasteiger partial charge in [-0.2, -0.15) is 0 Å². The summed E-state index contributed by atoms with van der Waals surface area (Å²) in [4.78, 5) is 49.0. The van der Waals surface area contributed by atoms with Crippen LogP contribution in [0.25, 0.3) is 0 Å². The first kappa shape index (κ1) is 31.1. The predicted molar refractivity (Wildman–Crippen MR) is 173 cm³/mol. The van der Waals surface area contributed by atoms with Gasteiger partial charge in [-0.05, 0) is 63.3 Å². The van der Waals surface area contributed by atoms with Crippen LogP contribution in [0.15, 0.2) is 73.8 Å². The van der Waals surface area contributed by atoms with Crippen LogP contribution in [0.5, 0.6) is 0 Å². The van der Waals surface area contributed by atoms with Gasteiger partial charge in [-0.1, -0.05) is 54.6 Å². The highest BCUT2D eigenvalue weighted by molar-refractivity contribution is 8.02. The number of benzene rings is 2. The number of nitrogens with zero attached hydrogens (tertiary/aromatic N) is 3. The molecule has 3 saturated heterocycles. The summed E-state index contributed by atoms with van der Waals surface area (Å²) >= 11 is 1.65. The van der Waals surface area contributed by atoms with Gasteiger partial charge in [-0.15, -0.1) is 24.9 Å². The second-order valence-electron chi connectivity index (χ2n) is 12.5. The van der Waals surface area contributed by atoms with E-state index >= 15 is 0 Å². The first-order valence-electron chi connectivity index (χ1n) is 15.1. The average Bonchev–Trinajstić information content (AvgIpc) is 3.57. The summed E-state index contributed by atoms with van der Waals surface area (Å²) in [5.74, 6) is -1.75. The molecule has 3 fully saturated rings. The molecule has 7 nitrogen and oxygen atoms in total. The number of likely N-dealkylation sites (tertiary alicyclic amines) is 1. The lowest BCUT2D eigenvalue weighted by Crippen LogP contribution is -2.57. The van der Waals surface area contributed by atoms with E-state index in [1.807, 2.05) is 62.4 Å². The number of carbonyl (C=O) groups is 3. The molecule has 228 valence electrons. The van der Waals surface area contributed by atoms with Crippen molar-refractivity contribution < 1.29 is 19.5 Å². The molecule has 6 atom stereocenters. The summed E-state index contributed by atoms with van der Waals surface area (Å²) in [7, 11) is 0. The molecule has 0 aliphatic carbocycles. The lowest BCUT2D eigenvalue weighted by atomic mass is 9.66. The number of hydrogen-bond acceptors (Lipinski definition) is 5. The Hall–Kier alpha value is -3.36. The zero-order valence-corrected chi connectivity index (χ0v) is 26.5. The highest BCUT2D eigenvalue weighted by Crippen LogP contribution is 2.72. The van der Waals surface area contributed by atoms with E-state index in [4.69, 9.17) is 0 Å². The Labute approximate surface area is 259 Å². The van der Waals surface area contributed by atoms with E-state index in [-0.39, 0.29) is 30.9 Å². The van der Waals surface area contributed by atoms with E-state index in [1.54, 1.807) is 45.5 Å². The molecule has 2 unspecified atom stereocenters. The molecule has 3 heterocycles. The summed E-state index contributed by atoms with van der Waals surface area (Å²) in [6.07, 6.45) is 4.80. The van der Waals surface area contributed by atoms with Crippen LogP contribution in [0, 0.1) is 25.7 Å². The number of anilines is 1. The second kappa shape index (κ2) is 12.0. The number of amides is 3. The van der Waals surface area contributed by atoms with Crippen molar-refractivity contribution in [3.8, 4) is 0 Å². The van der Waals surface area contributed by atoms with Crippen molar-refractivity contribution in [2.45, 2.75) is 68.7 Å². The van der Waals surface area contributed by atoms with Crippen molar-refractivity contribution in [2.75, 3.05) is 24.6 Å². The van der Waals surface area contributed by atoms with Gasteiger partial charge in [0.25, 0.3) is 5.91 Å². The topological polar surface area (TPSA) is 81.2 Å². The zero-order valence-electron chi connectivity index (χ0n) is 25.7. The average molecular weight is 602 g/mol. The van der Waals surface area contributed by atoms with Crippen molar-refractivity contribution in [3.05, 3.63) is 90.5 Å². The molecule has 5 rings (SSSR count). The monoisotopic (exact) mass is 601 g/mol. The minimum atomic E-state index is -0.821. The third kappa shape index (κ3) is 5.12. The molecule has 2 aromatic rings. The minimum Gasteiger partial charge on any atom is -0.394 e. The molecule has 1 spiro atoms. The Morgan fingerprint density at radius 2 is 1.79 bits per heavy atom. The number of aliphatic hydroxyl groups excluding tert-OH is 1. The van der Waals surface area contributed by atoms with Gasteiger partial charge >= 0.3 is 0 Å². The van der Waals surface area contributed by atoms with Gasteiger partial charge in [0.1, 0.15) is 6.04 Å². The highest BCUT2D eigenvalue weighted by Gasteiger charge is 2.78. The first-order chi connectivity index (χ1) is 20.5. The maximum atomic E-state index is 14.8. The van der Waals surface area contributed by atoms with Crippen LogP contribution < -0.4 is 4.90 Å². The van der Waals surface area contributed by atoms with Crippen LogP contribution in [-0.4, -0.2) is 73.9 Å². The van der Waals surface area contributed by atoms with Crippen molar-refractivity contribution in [2.24, 2.45) is 11.8 Å². The molecule has 3 amide bonds. The molecule has 3 aliphatic rings. The lowest BCUT2D eigenvalue weighted by molar-refractivity contribution is -0.146. The summed E-state index contributed by atoms with van der Waals surface area (Å²) in [5, 5.41) is 10.3. The second-order valence-corrected chi connectivity index (χ2v) is 14.4. The normalized spacial score (nSPS) is 28.0. The third-order valence-electron chi connectivity index (χ3n) is 9.56. The van der Waals surface area contributed by atoms with Crippen molar-refractivity contribution >= 4 is 35.2 Å². The number of fused-ring (bicyclic) bond motifs is 1. The van der Waals surface area contributed by atoms with E-state index in [1.165, 1.54) is 0 Å². The Balaban J connectivity index is 1.59. The number of hydrogen-bond donors (Lipinski definition) is 1. The van der Waals surface area contributed by atoms with E-state index in [9.17, 15) is 19.5 Å². The number of rotatable bonds is 11. The van der Waals surface area contributed by atoms with Crippen LogP contribution in [0.4, 0.5) is 5.69 Å². The zero-order chi connectivity index (χ0) is 31.1. The summed E-state index contributed by atoms with van der Waals surface area (Å²) in [6, 6.07) is 14.4. The highest BCUT2D eigenvalue weighted by atomic mass is 32.2. The quantitative estimate of drug-likeness (QED) is 0.371. The summed E-state index contributed by atoms with van der Waals surface area (Å²) < 4.78 is -1.28. The van der Waals surface area contributed by atoms with Gasteiger partial charge in [0.15, 0.2) is 0 Å². The molecule has 2 bridgehead atoms. The largest absolute Gasteiger partial charge is 0.394 e. The standard InChI is InChI=1S/C35H43N3O4S/c1-7-18-36(21-26-12-10-9-11-13-26)31(40)28-29-32(41)38(25(5)22-39)30(35(29)17-16-34(28,6)43-35)33(42)37(19-8-2)27-20-23(3)14-15-24(27)4/h7-15,20,25,28-30,39H,1-2,16-19,21-22H2,3-6H3/t25-,28-,29+,30?,34+,35?/m1/s1. The van der Waals surface area contributed by atoms with Gasteiger partial charge in [-0.3, -0.25) is 14.4 Å². The van der Waals surface area contributed by atoms with Crippen LogP contribution >= 0.6 is 11.8 Å². The number of aliphatic hydroxyl groups is 1. The van der Waals surface area contributed by atoms with Gasteiger partial charge in [0, 0.05) is 30.1 Å². The van der Waals surface area contributed by atoms with Crippen LogP contribution in [0.2, 0.25) is 0 Å². The smallest absolute Gasteiger partial charge is 0.251 e. The molecule has 0 saturated carbocycles. The molecule has 1 N–H and O–H groups in total. The van der Waals surface area contributed by atoms with Crippen molar-refractivity contribution in [3.63, 3.8) is 0 Å². The fraction of sp³-hybridized carbons (Fsp3) is 0.457. The Kier molecular flexibility index (Phi) is 8.65. The molecule has 0 aromatic heterocycles. The van der Waals surface area contributed by atoms with Crippen LogP contribution in [0.1, 0.15) is 43.4 Å². The van der Waals surface area contributed by atoms with Gasteiger partial charge in [-0.25, -0.2) is 0 Å². The molecule has 0 radical (unpaired) electrons. The number of thioether (sulfide) groups is 1. The molecule has 43 heavy (non-hydrogen) atoms. The molecule has 3 aliphatic heterocycles. The van der Waals surface area contributed by atoms with Crippen LogP contribution in [-0.2, 0) is 20.9 Å². The van der Waals surface area contributed by atoms with Crippen molar-refractivity contribution in [1.82, 2.24) is 9.80 Å². The van der Waals surface area contributed by atoms with Crippen LogP contribution in [0.3, 0.4) is 0 Å². The fourth-order valence-electron chi connectivity index (χ4n) is 7.56. The Morgan fingerprint density at radius 1 is 1.09 bits per heavy atom. The predicted octanol–water partition coefficient (Wildman–Crippen LogP) is 4.90. The van der Waals surface area contributed by atoms with Gasteiger partial charge in [0.05, 0.1) is 29.2 Å². The Bertz CT molecular complexity index is 1430. The van der Waals surface area contributed by atoms with Gasteiger partial charge < -0.3 is 19.8 Å². The van der Waals surface area contributed by atoms with Crippen molar-refractivity contribution in [1.29, 1.82) is 0 Å². The molecular formula is C35H43N3O4S. The molecule has 8 heteroatoms. The van der Waals surface area contributed by atoms with E-state index in [2.05, 4.69) is 20.1 Å². The lowest BCUT2D eigenvalue weighted by Gasteiger charge is -2.39. The SMILES string of the molecule is C=CCN(Cc1ccccc1)C(=O)[C@H]1[C@H]2C(=O)N([C@H](C)CO)C(C(=O)N(CC=C)c3cc(C)ccc3C)C23CC[C@]1(C)S3. The minimum absolute atomic E-state index is 0.0825. The third-order valence-corrected chi connectivity index (χ3v) is 11.5. The van der Waals surface area contributed by atoms with E-state index < -0.39 is 33.4 Å².